The maximum atomic E-state index is 13.6. The van der Waals surface area contributed by atoms with E-state index in [9.17, 15) is 14.9 Å². The molecule has 2 aromatic rings. The zero-order valence-electron chi connectivity index (χ0n) is 21.3. The first-order chi connectivity index (χ1) is 17.0. The molecule has 0 radical (unpaired) electrons. The number of carbonyl (C=O) groups is 2. The maximum Gasteiger partial charge on any atom is 0.410 e. The number of carbonyl (C=O) groups excluding carboxylic acids is 2. The van der Waals surface area contributed by atoms with E-state index < -0.39 is 6.04 Å². The van der Waals surface area contributed by atoms with E-state index in [2.05, 4.69) is 37.5 Å². The van der Waals surface area contributed by atoms with E-state index >= 15 is 0 Å². The molecule has 188 valence electrons. The first kappa shape index (κ1) is 25.1. The summed E-state index contributed by atoms with van der Waals surface area (Å²) in [4.78, 5) is 29.9. The van der Waals surface area contributed by atoms with Crippen LogP contribution in [0.2, 0.25) is 0 Å². The van der Waals surface area contributed by atoms with Gasteiger partial charge in [0.25, 0.3) is 0 Å². The van der Waals surface area contributed by atoms with Gasteiger partial charge in [-0.3, -0.25) is 9.69 Å². The second-order valence-corrected chi connectivity index (χ2v) is 10.1. The third kappa shape index (κ3) is 5.32. The van der Waals surface area contributed by atoms with Crippen LogP contribution in [-0.2, 0) is 22.5 Å². The van der Waals surface area contributed by atoms with Gasteiger partial charge in [-0.2, -0.15) is 5.26 Å². The van der Waals surface area contributed by atoms with Gasteiger partial charge in [-0.1, -0.05) is 26.3 Å². The van der Waals surface area contributed by atoms with Gasteiger partial charge < -0.3 is 14.2 Å². The van der Waals surface area contributed by atoms with Crippen molar-refractivity contribution in [1.82, 2.24) is 14.4 Å². The van der Waals surface area contributed by atoms with E-state index in [4.69, 9.17) is 4.74 Å². The number of aromatic nitrogens is 1. The van der Waals surface area contributed by atoms with Gasteiger partial charge in [0.15, 0.2) is 0 Å². The van der Waals surface area contributed by atoms with Crippen molar-refractivity contribution in [2.24, 2.45) is 5.92 Å². The highest BCUT2D eigenvalue weighted by atomic mass is 16.6. The van der Waals surface area contributed by atoms with Gasteiger partial charge in [-0.05, 0) is 75.0 Å². The predicted molar refractivity (Wildman–Crippen MR) is 136 cm³/mol. The van der Waals surface area contributed by atoms with E-state index in [0.717, 1.165) is 62.5 Å². The average Bonchev–Trinajstić information content (AvgIpc) is 3.58. The number of fused-ring (bicyclic) bond motifs is 1. The number of ether oxygens (including phenoxy) is 1. The normalized spacial score (nSPS) is 22.1. The molecule has 2 aliphatic rings. The van der Waals surface area contributed by atoms with Crippen molar-refractivity contribution >= 4 is 22.9 Å². The third-order valence-corrected chi connectivity index (χ3v) is 7.57. The number of unbranched alkanes of at least 4 members (excludes halogenated alkanes) is 1. The lowest BCUT2D eigenvalue weighted by molar-refractivity contribution is -0.136. The Kier molecular flexibility index (Phi) is 8.00. The molecule has 0 unspecified atom stereocenters. The summed E-state index contributed by atoms with van der Waals surface area (Å²) in [5.41, 5.74) is 3.01. The maximum absolute atomic E-state index is 13.6. The summed E-state index contributed by atoms with van der Waals surface area (Å²) in [5, 5.41) is 10.4. The van der Waals surface area contributed by atoms with Crippen LogP contribution >= 0.6 is 0 Å². The predicted octanol–water partition coefficient (Wildman–Crippen LogP) is 5.10. The molecule has 0 aliphatic carbocycles. The lowest BCUT2D eigenvalue weighted by Crippen LogP contribution is -2.49. The minimum atomic E-state index is -0.400. The number of likely N-dealkylation sites (tertiary alicyclic amines) is 2. The molecule has 7 nitrogen and oxygen atoms in total. The highest BCUT2D eigenvalue weighted by molar-refractivity contribution is 5.87. The first-order valence-electron chi connectivity index (χ1n) is 13.2. The molecule has 2 aliphatic heterocycles. The Hall–Kier alpha value is -3.01. The summed E-state index contributed by atoms with van der Waals surface area (Å²) in [6.45, 7) is 9.00. The SMILES string of the molecule is CCCCOC(=O)N1CCC[C@@H]1C(=O)N1C[C@@H](C)C[C@@H]1CCc1cc2ccc(C#N)cc2n1CC. The van der Waals surface area contributed by atoms with Crippen LogP contribution in [0, 0.1) is 17.2 Å². The number of hydrogen-bond acceptors (Lipinski definition) is 4. The molecule has 0 bridgehead atoms. The Balaban J connectivity index is 1.45. The highest BCUT2D eigenvalue weighted by Crippen LogP contribution is 2.31. The number of nitriles is 1. The van der Waals surface area contributed by atoms with E-state index in [0.29, 0.717) is 31.1 Å². The topological polar surface area (TPSA) is 78.6 Å². The van der Waals surface area contributed by atoms with Gasteiger partial charge in [-0.25, -0.2) is 4.79 Å². The molecular formula is C28H38N4O3. The molecule has 0 spiro atoms. The zero-order valence-corrected chi connectivity index (χ0v) is 21.3. The van der Waals surface area contributed by atoms with Crippen molar-refractivity contribution in [2.75, 3.05) is 19.7 Å². The monoisotopic (exact) mass is 478 g/mol. The second-order valence-electron chi connectivity index (χ2n) is 10.1. The van der Waals surface area contributed by atoms with Gasteiger partial charge in [0.1, 0.15) is 6.04 Å². The average molecular weight is 479 g/mol. The molecule has 2 saturated heterocycles. The summed E-state index contributed by atoms with van der Waals surface area (Å²) in [7, 11) is 0. The van der Waals surface area contributed by atoms with Crippen LogP contribution in [0.4, 0.5) is 4.79 Å². The van der Waals surface area contributed by atoms with Crippen molar-refractivity contribution in [2.45, 2.75) is 84.3 Å². The second kappa shape index (κ2) is 11.2. The summed E-state index contributed by atoms with van der Waals surface area (Å²) < 4.78 is 7.71. The standard InChI is InChI=1S/C28H38N4O3/c1-4-6-14-35-28(34)31-13-7-8-25(31)27(33)32-19-20(3)15-23(32)11-12-24-17-22-10-9-21(18-29)16-26(22)30(24)5-2/h9-10,16-17,20,23,25H,4-8,11-15,19H2,1-3H3/t20-,23-,25+/m0/s1. The summed E-state index contributed by atoms with van der Waals surface area (Å²) >= 11 is 0. The Bertz CT molecular complexity index is 1100. The molecule has 1 aromatic carbocycles. The van der Waals surface area contributed by atoms with Crippen LogP contribution in [0.1, 0.15) is 70.6 Å². The van der Waals surface area contributed by atoms with Crippen LogP contribution in [0.5, 0.6) is 0 Å². The number of amides is 2. The quantitative estimate of drug-likeness (QED) is 0.494. The van der Waals surface area contributed by atoms with Crippen molar-refractivity contribution in [3.63, 3.8) is 0 Å². The largest absolute Gasteiger partial charge is 0.449 e. The van der Waals surface area contributed by atoms with Crippen molar-refractivity contribution in [3.05, 3.63) is 35.5 Å². The molecular weight excluding hydrogens is 440 g/mol. The van der Waals surface area contributed by atoms with Crippen LogP contribution in [0.3, 0.4) is 0 Å². The number of benzene rings is 1. The fourth-order valence-electron chi connectivity index (χ4n) is 5.79. The van der Waals surface area contributed by atoms with Gasteiger partial charge in [-0.15, -0.1) is 0 Å². The van der Waals surface area contributed by atoms with Gasteiger partial charge in [0, 0.05) is 36.9 Å². The van der Waals surface area contributed by atoms with E-state index in [1.807, 2.05) is 23.1 Å². The molecule has 0 saturated carbocycles. The molecule has 3 atom stereocenters. The zero-order chi connectivity index (χ0) is 24.9. The van der Waals surface area contributed by atoms with Gasteiger partial charge >= 0.3 is 6.09 Å². The smallest absolute Gasteiger partial charge is 0.410 e. The van der Waals surface area contributed by atoms with Gasteiger partial charge in [0.05, 0.1) is 18.2 Å². The fraction of sp³-hybridized carbons (Fsp3) is 0.607. The Labute approximate surface area is 208 Å². The Morgan fingerprint density at radius 1 is 1.20 bits per heavy atom. The molecule has 2 amide bonds. The van der Waals surface area contributed by atoms with E-state index in [1.165, 1.54) is 5.69 Å². The molecule has 1 aromatic heterocycles. The van der Waals surface area contributed by atoms with E-state index in [1.54, 1.807) is 4.90 Å². The Morgan fingerprint density at radius 3 is 2.77 bits per heavy atom. The van der Waals surface area contributed by atoms with Crippen LogP contribution in [0.15, 0.2) is 24.3 Å². The first-order valence-corrected chi connectivity index (χ1v) is 13.2. The molecule has 4 rings (SSSR count). The van der Waals surface area contributed by atoms with Crippen molar-refractivity contribution < 1.29 is 14.3 Å². The highest BCUT2D eigenvalue weighted by Gasteiger charge is 2.42. The number of rotatable bonds is 8. The Morgan fingerprint density at radius 2 is 2.03 bits per heavy atom. The molecule has 7 heteroatoms. The molecule has 3 heterocycles. The number of nitrogens with zero attached hydrogens (tertiary/aromatic N) is 4. The molecule has 35 heavy (non-hydrogen) atoms. The van der Waals surface area contributed by atoms with Crippen LogP contribution in [-0.4, -0.2) is 58.1 Å². The lowest BCUT2D eigenvalue weighted by Gasteiger charge is -2.31. The van der Waals surface area contributed by atoms with Gasteiger partial charge in [0.2, 0.25) is 5.91 Å². The van der Waals surface area contributed by atoms with Crippen LogP contribution < -0.4 is 0 Å². The van der Waals surface area contributed by atoms with Crippen molar-refractivity contribution in [3.8, 4) is 6.07 Å². The molecule has 2 fully saturated rings. The van der Waals surface area contributed by atoms with Crippen molar-refractivity contribution in [1.29, 1.82) is 5.26 Å². The number of hydrogen-bond donors (Lipinski definition) is 0. The summed E-state index contributed by atoms with van der Waals surface area (Å²) in [6.07, 6.45) is 5.78. The number of aryl methyl sites for hydroxylation is 2. The minimum Gasteiger partial charge on any atom is -0.449 e. The summed E-state index contributed by atoms with van der Waals surface area (Å²) in [5.74, 6) is 0.532. The lowest BCUT2D eigenvalue weighted by atomic mass is 10.0. The molecule has 0 N–H and O–H groups in total. The van der Waals surface area contributed by atoms with E-state index in [-0.39, 0.29) is 18.0 Å². The fourth-order valence-corrected chi connectivity index (χ4v) is 5.79. The van der Waals surface area contributed by atoms with Crippen LogP contribution in [0.25, 0.3) is 10.9 Å². The summed E-state index contributed by atoms with van der Waals surface area (Å²) in [6, 6.07) is 10.1. The minimum absolute atomic E-state index is 0.0824. The third-order valence-electron chi connectivity index (χ3n) is 7.57.